The molecule has 2 amide bonds. The van der Waals surface area contributed by atoms with Crippen LogP contribution >= 0.6 is 35.0 Å². The van der Waals surface area contributed by atoms with Crippen molar-refractivity contribution < 1.29 is 4.79 Å². The second-order valence-electron chi connectivity index (χ2n) is 5.87. The molecule has 6 heteroatoms. The minimum atomic E-state index is -0.0200. The van der Waals surface area contributed by atoms with Crippen LogP contribution in [-0.2, 0) is 0 Å². The lowest BCUT2D eigenvalue weighted by Gasteiger charge is -2.29. The van der Waals surface area contributed by atoms with Crippen LogP contribution < -0.4 is 5.32 Å². The predicted octanol–water partition coefficient (Wildman–Crippen LogP) is 5.08. The zero-order valence-electron chi connectivity index (χ0n) is 12.4. The van der Waals surface area contributed by atoms with E-state index in [1.165, 1.54) is 19.3 Å². The van der Waals surface area contributed by atoms with Crippen molar-refractivity contribution in [3.05, 3.63) is 33.8 Å². The number of benzene rings is 1. The van der Waals surface area contributed by atoms with E-state index < -0.39 is 0 Å². The monoisotopic (exact) mass is 358 g/mol. The summed E-state index contributed by atoms with van der Waals surface area (Å²) in [6.45, 7) is 0.757. The quantitative estimate of drug-likeness (QED) is 0.798. The molecular weight excluding hydrogens is 339 g/mol. The van der Waals surface area contributed by atoms with Crippen molar-refractivity contribution in [3.8, 4) is 0 Å². The van der Waals surface area contributed by atoms with Crippen LogP contribution in [-0.4, -0.2) is 29.3 Å². The molecule has 3 rings (SSSR count). The lowest BCUT2D eigenvalue weighted by Crippen LogP contribution is -2.45. The van der Waals surface area contributed by atoms with Gasteiger partial charge in [0.05, 0.1) is 0 Å². The van der Waals surface area contributed by atoms with E-state index in [9.17, 15) is 4.79 Å². The number of hydrogen-bond donors (Lipinski definition) is 1. The summed E-state index contributed by atoms with van der Waals surface area (Å²) in [6.07, 6.45) is 5.91. The molecule has 1 unspecified atom stereocenters. The Bertz CT molecular complexity index is 549. The van der Waals surface area contributed by atoms with Crippen molar-refractivity contribution in [1.29, 1.82) is 0 Å². The van der Waals surface area contributed by atoms with Gasteiger partial charge in [-0.05, 0) is 25.0 Å². The molecule has 2 fully saturated rings. The van der Waals surface area contributed by atoms with Crippen LogP contribution in [0.1, 0.15) is 43.0 Å². The van der Waals surface area contributed by atoms with E-state index in [-0.39, 0.29) is 11.4 Å². The van der Waals surface area contributed by atoms with Crippen LogP contribution in [0, 0.1) is 0 Å². The molecule has 1 aliphatic carbocycles. The Hall–Kier alpha value is -0.580. The Balaban J connectivity index is 1.70. The standard InChI is InChI=1S/C16H20Cl2N2OS/c17-11-6-7-13(14(18)10-11)15-20(8-9-22-15)16(21)19-12-4-2-1-3-5-12/h6-7,10,12,15H,1-5,8-9H2,(H,19,21). The lowest BCUT2D eigenvalue weighted by molar-refractivity contribution is 0.192. The maximum Gasteiger partial charge on any atom is 0.318 e. The number of nitrogens with zero attached hydrogens (tertiary/aromatic N) is 1. The van der Waals surface area contributed by atoms with Crippen molar-refractivity contribution >= 4 is 41.0 Å². The highest BCUT2D eigenvalue weighted by Crippen LogP contribution is 2.41. The molecule has 1 aliphatic heterocycles. The summed E-state index contributed by atoms with van der Waals surface area (Å²) < 4.78 is 0. The smallest absolute Gasteiger partial charge is 0.318 e. The Labute approximate surface area is 145 Å². The molecular formula is C16H20Cl2N2OS. The summed E-state index contributed by atoms with van der Waals surface area (Å²) in [5.74, 6) is 0.932. The highest BCUT2D eigenvalue weighted by molar-refractivity contribution is 7.99. The SMILES string of the molecule is O=C(NC1CCCCC1)N1CCSC1c1ccc(Cl)cc1Cl. The van der Waals surface area contributed by atoms with Gasteiger partial charge >= 0.3 is 6.03 Å². The number of thioether (sulfide) groups is 1. The predicted molar refractivity (Wildman–Crippen MR) is 93.8 cm³/mol. The van der Waals surface area contributed by atoms with Gasteiger partial charge in [0.15, 0.2) is 0 Å². The van der Waals surface area contributed by atoms with Crippen LogP contribution in [0.25, 0.3) is 0 Å². The van der Waals surface area contributed by atoms with E-state index in [0.717, 1.165) is 30.7 Å². The molecule has 1 saturated heterocycles. The number of halogens is 2. The molecule has 1 saturated carbocycles. The first kappa shape index (κ1) is 16.3. The molecule has 1 aromatic carbocycles. The first-order chi connectivity index (χ1) is 10.6. The Morgan fingerprint density at radius 2 is 2.00 bits per heavy atom. The first-order valence-corrected chi connectivity index (χ1v) is 9.59. The maximum atomic E-state index is 12.6. The lowest BCUT2D eigenvalue weighted by atomic mass is 9.96. The van der Waals surface area contributed by atoms with E-state index in [0.29, 0.717) is 16.1 Å². The highest BCUT2D eigenvalue weighted by Gasteiger charge is 2.33. The Morgan fingerprint density at radius 3 is 2.73 bits per heavy atom. The summed E-state index contributed by atoms with van der Waals surface area (Å²) in [5.41, 5.74) is 0.965. The number of nitrogens with one attached hydrogen (secondary N) is 1. The molecule has 0 radical (unpaired) electrons. The van der Waals surface area contributed by atoms with Crippen molar-refractivity contribution in [3.63, 3.8) is 0 Å². The fourth-order valence-electron chi connectivity index (χ4n) is 3.14. The summed E-state index contributed by atoms with van der Waals surface area (Å²) in [4.78, 5) is 14.5. The van der Waals surface area contributed by atoms with Crippen molar-refractivity contribution in [1.82, 2.24) is 10.2 Å². The molecule has 1 aromatic rings. The van der Waals surface area contributed by atoms with Crippen LogP contribution in [0.5, 0.6) is 0 Å². The third-order valence-electron chi connectivity index (χ3n) is 4.31. The third kappa shape index (κ3) is 3.66. The van der Waals surface area contributed by atoms with Gasteiger partial charge in [0.2, 0.25) is 0 Å². The summed E-state index contributed by atoms with van der Waals surface area (Å²) in [5, 5.41) is 4.42. The van der Waals surface area contributed by atoms with Gasteiger partial charge in [0.1, 0.15) is 5.37 Å². The molecule has 1 N–H and O–H groups in total. The Morgan fingerprint density at radius 1 is 1.23 bits per heavy atom. The molecule has 2 aliphatic rings. The molecule has 22 heavy (non-hydrogen) atoms. The number of carbonyl (C=O) groups is 1. The van der Waals surface area contributed by atoms with E-state index in [1.807, 2.05) is 17.0 Å². The molecule has 0 aromatic heterocycles. The van der Waals surface area contributed by atoms with Crippen molar-refractivity contribution in [2.75, 3.05) is 12.3 Å². The average molecular weight is 359 g/mol. The largest absolute Gasteiger partial charge is 0.335 e. The molecule has 1 heterocycles. The van der Waals surface area contributed by atoms with E-state index >= 15 is 0 Å². The summed E-state index contributed by atoms with van der Waals surface area (Å²) in [6, 6.07) is 5.86. The maximum absolute atomic E-state index is 12.6. The van der Waals surface area contributed by atoms with Gasteiger partial charge in [-0.15, -0.1) is 11.8 Å². The summed E-state index contributed by atoms with van der Waals surface area (Å²) in [7, 11) is 0. The second kappa shape index (κ2) is 7.33. The van der Waals surface area contributed by atoms with Gasteiger partial charge in [-0.25, -0.2) is 4.79 Å². The van der Waals surface area contributed by atoms with Gasteiger partial charge in [-0.3, -0.25) is 0 Å². The average Bonchev–Trinajstić information content (AvgIpc) is 2.97. The molecule has 1 atom stereocenters. The van der Waals surface area contributed by atoms with Crippen LogP contribution in [0.2, 0.25) is 10.0 Å². The fraction of sp³-hybridized carbons (Fsp3) is 0.562. The van der Waals surface area contributed by atoms with Crippen LogP contribution in [0.3, 0.4) is 0 Å². The summed E-state index contributed by atoms with van der Waals surface area (Å²) >= 11 is 14.0. The minimum absolute atomic E-state index is 0.0200. The third-order valence-corrected chi connectivity index (χ3v) is 6.12. The number of amides is 2. The van der Waals surface area contributed by atoms with E-state index in [2.05, 4.69) is 5.32 Å². The number of urea groups is 1. The van der Waals surface area contributed by atoms with Gasteiger partial charge in [-0.1, -0.05) is 48.5 Å². The highest BCUT2D eigenvalue weighted by atomic mass is 35.5. The zero-order valence-corrected chi connectivity index (χ0v) is 14.7. The number of hydrogen-bond acceptors (Lipinski definition) is 2. The minimum Gasteiger partial charge on any atom is -0.335 e. The normalized spacial score (nSPS) is 22.8. The molecule has 0 bridgehead atoms. The topological polar surface area (TPSA) is 32.3 Å². The molecule has 120 valence electrons. The van der Waals surface area contributed by atoms with Crippen LogP contribution in [0.4, 0.5) is 4.79 Å². The van der Waals surface area contributed by atoms with Gasteiger partial charge in [0, 0.05) is 33.9 Å². The second-order valence-corrected chi connectivity index (χ2v) is 7.90. The number of carbonyl (C=O) groups excluding carboxylic acids is 1. The first-order valence-electron chi connectivity index (χ1n) is 7.79. The zero-order chi connectivity index (χ0) is 15.5. The van der Waals surface area contributed by atoms with Crippen molar-refractivity contribution in [2.24, 2.45) is 0 Å². The van der Waals surface area contributed by atoms with Gasteiger partial charge < -0.3 is 10.2 Å². The van der Waals surface area contributed by atoms with Crippen molar-refractivity contribution in [2.45, 2.75) is 43.5 Å². The molecule has 0 spiro atoms. The fourth-order valence-corrected chi connectivity index (χ4v) is 5.01. The molecule has 3 nitrogen and oxygen atoms in total. The van der Waals surface area contributed by atoms with E-state index in [4.69, 9.17) is 23.2 Å². The van der Waals surface area contributed by atoms with E-state index in [1.54, 1.807) is 17.8 Å². The van der Waals surface area contributed by atoms with Gasteiger partial charge in [-0.2, -0.15) is 0 Å². The number of rotatable bonds is 2. The van der Waals surface area contributed by atoms with Crippen LogP contribution in [0.15, 0.2) is 18.2 Å². The Kier molecular flexibility index (Phi) is 5.42. The van der Waals surface area contributed by atoms with Gasteiger partial charge in [0.25, 0.3) is 0 Å².